The van der Waals surface area contributed by atoms with Crippen molar-refractivity contribution >= 4 is 87.5 Å². The summed E-state index contributed by atoms with van der Waals surface area (Å²) in [5.74, 6) is 1.83. The van der Waals surface area contributed by atoms with Gasteiger partial charge >= 0.3 is 0 Å². The van der Waals surface area contributed by atoms with E-state index >= 15 is 0 Å². The normalized spacial score (nSPS) is 14.0. The van der Waals surface area contributed by atoms with E-state index in [0.29, 0.717) is 17.6 Å². The summed E-state index contributed by atoms with van der Waals surface area (Å²) < 4.78 is 14.8. The highest BCUT2D eigenvalue weighted by molar-refractivity contribution is 6.26. The molecule has 7 heteroatoms. The maximum atomic E-state index is 6.43. The van der Waals surface area contributed by atoms with E-state index in [1.807, 2.05) is 84.9 Å². The standard InChI is InChI=1S/C42H28N4O.C27H19NO/c1-42(2)32-19-11-9-17-27(32)30-23-31-28-21-22-36-37(29-18-10-12-20-35(29)47-36)38(28)46(34(31)24-33(30)42)41-44-39(25-13-5-3-6-14-25)43-40(45-41)26-15-7-4-8-16-26;1-27(2)20-9-5-3-7-15(20)18-13-19-16-11-12-24-25(17-8-4-6-10-23(17)29-24)26(16)28-22(19)14-21(18)27/h3-24H,1-2H3;3-14,28H,1-2H3. The third kappa shape index (κ3) is 5.96. The minimum atomic E-state index is -0.164. The first-order valence-electron chi connectivity index (χ1n) is 26.1. The molecule has 1 N–H and O–H groups in total. The Morgan fingerprint density at radius 1 is 0.382 bits per heavy atom. The lowest BCUT2D eigenvalue weighted by Crippen LogP contribution is -2.15. The Morgan fingerprint density at radius 3 is 1.50 bits per heavy atom. The molecule has 15 aromatic rings. The number of furan rings is 2. The second-order valence-corrected chi connectivity index (χ2v) is 21.6. The number of nitrogens with zero attached hydrogens (tertiary/aromatic N) is 4. The van der Waals surface area contributed by atoms with Gasteiger partial charge in [0.25, 0.3) is 0 Å². The molecular weight excluding hydrogens is 931 g/mol. The van der Waals surface area contributed by atoms with Gasteiger partial charge in [-0.15, -0.1) is 0 Å². The van der Waals surface area contributed by atoms with E-state index in [2.05, 4.69) is 159 Å². The van der Waals surface area contributed by atoms with Crippen LogP contribution in [0.15, 0.2) is 215 Å². The predicted molar refractivity (Wildman–Crippen MR) is 311 cm³/mol. The van der Waals surface area contributed by atoms with Crippen LogP contribution in [0.4, 0.5) is 0 Å². The highest BCUT2D eigenvalue weighted by atomic mass is 16.3. The Bertz CT molecular complexity index is 4880. The lowest BCUT2D eigenvalue weighted by molar-refractivity contribution is 0.661. The average molecular weight is 978 g/mol. The largest absolute Gasteiger partial charge is 0.456 e. The summed E-state index contributed by atoms with van der Waals surface area (Å²) in [6.45, 7) is 9.30. The number of aromatic nitrogens is 5. The van der Waals surface area contributed by atoms with Crippen LogP contribution in [-0.2, 0) is 10.8 Å². The smallest absolute Gasteiger partial charge is 0.238 e. The summed E-state index contributed by atoms with van der Waals surface area (Å²) in [5.41, 5.74) is 20.5. The quantitative estimate of drug-likeness (QED) is 0.191. The summed E-state index contributed by atoms with van der Waals surface area (Å²) >= 11 is 0. The molecule has 0 bridgehead atoms. The van der Waals surface area contributed by atoms with E-state index < -0.39 is 0 Å². The lowest BCUT2D eigenvalue weighted by Gasteiger charge is -2.21. The van der Waals surface area contributed by atoms with E-state index in [1.54, 1.807) is 0 Å². The molecule has 0 aliphatic heterocycles. The fourth-order valence-corrected chi connectivity index (χ4v) is 13.0. The average Bonchev–Trinajstić information content (AvgIpc) is 4.46. The molecule has 17 rings (SSSR count). The Labute approximate surface area is 436 Å². The number of rotatable bonds is 3. The number of H-pyrrole nitrogens is 1. The van der Waals surface area contributed by atoms with Crippen molar-refractivity contribution in [2.45, 2.75) is 38.5 Å². The van der Waals surface area contributed by atoms with E-state index in [1.165, 1.54) is 66.2 Å². The number of nitrogens with one attached hydrogen (secondary N) is 1. The third-order valence-corrected chi connectivity index (χ3v) is 16.7. The van der Waals surface area contributed by atoms with Gasteiger partial charge in [0.05, 0.1) is 27.3 Å². The molecule has 0 fully saturated rings. The highest BCUT2D eigenvalue weighted by Gasteiger charge is 2.38. The van der Waals surface area contributed by atoms with Crippen LogP contribution < -0.4 is 0 Å². The predicted octanol–water partition coefficient (Wildman–Crippen LogP) is 18.0. The Morgan fingerprint density at radius 2 is 0.882 bits per heavy atom. The molecule has 76 heavy (non-hydrogen) atoms. The molecule has 360 valence electrons. The van der Waals surface area contributed by atoms with Crippen molar-refractivity contribution in [3.63, 3.8) is 0 Å². The lowest BCUT2D eigenvalue weighted by atomic mass is 9.82. The van der Waals surface area contributed by atoms with Crippen LogP contribution in [0.2, 0.25) is 0 Å². The monoisotopic (exact) mass is 977 g/mol. The molecule has 7 nitrogen and oxygen atoms in total. The summed E-state index contributed by atoms with van der Waals surface area (Å²) in [7, 11) is 0. The van der Waals surface area contributed by atoms with Crippen LogP contribution in [0.3, 0.4) is 0 Å². The molecule has 0 atom stereocenters. The van der Waals surface area contributed by atoms with Gasteiger partial charge in [-0.25, -0.2) is 4.98 Å². The minimum Gasteiger partial charge on any atom is -0.456 e. The van der Waals surface area contributed by atoms with Gasteiger partial charge in [0.15, 0.2) is 11.6 Å². The number of benzene rings is 10. The maximum Gasteiger partial charge on any atom is 0.238 e. The number of aromatic amines is 1. The van der Waals surface area contributed by atoms with Crippen molar-refractivity contribution < 1.29 is 8.83 Å². The molecule has 0 amide bonds. The SMILES string of the molecule is CC1(C)c2ccccc2-c2cc3c(cc21)[nH]c1c3ccc2oc3ccccc3c21.CC1(C)c2ccccc2-c2cc3c4ccc5oc6ccccc6c5c4n(-c4nc(-c5ccccc5)nc(-c5ccccc5)n4)c3cc21. The van der Waals surface area contributed by atoms with Gasteiger partial charge in [0.2, 0.25) is 5.95 Å². The van der Waals surface area contributed by atoms with Crippen LogP contribution in [0.25, 0.3) is 138 Å². The highest BCUT2D eigenvalue weighted by Crippen LogP contribution is 2.53. The van der Waals surface area contributed by atoms with Gasteiger partial charge in [-0.2, -0.15) is 9.97 Å². The fraction of sp³-hybridized carbons (Fsp3) is 0.0870. The summed E-state index contributed by atoms with van der Waals surface area (Å²) in [6, 6.07) is 72.5. The number of para-hydroxylation sites is 2. The topological polar surface area (TPSA) is 85.7 Å². The van der Waals surface area contributed by atoms with Crippen molar-refractivity contribution in [2.24, 2.45) is 0 Å². The van der Waals surface area contributed by atoms with E-state index in [0.717, 1.165) is 76.9 Å². The van der Waals surface area contributed by atoms with Gasteiger partial charge in [-0.3, -0.25) is 4.57 Å². The van der Waals surface area contributed by atoms with Gasteiger partial charge in [-0.1, -0.05) is 173 Å². The zero-order chi connectivity index (χ0) is 50.6. The summed E-state index contributed by atoms with van der Waals surface area (Å²) in [6.07, 6.45) is 0. The van der Waals surface area contributed by atoms with E-state index in [-0.39, 0.29) is 10.8 Å². The van der Waals surface area contributed by atoms with Crippen molar-refractivity contribution in [3.8, 4) is 51.0 Å². The van der Waals surface area contributed by atoms with Crippen LogP contribution >= 0.6 is 0 Å². The number of fused-ring (bicyclic) bond motifs is 20. The number of hydrogen-bond donors (Lipinski definition) is 1. The molecule has 5 heterocycles. The molecule has 0 unspecified atom stereocenters. The van der Waals surface area contributed by atoms with Gasteiger partial charge < -0.3 is 13.8 Å². The summed E-state index contributed by atoms with van der Waals surface area (Å²) in [4.78, 5) is 19.2. The zero-order valence-electron chi connectivity index (χ0n) is 42.2. The van der Waals surface area contributed by atoms with Crippen molar-refractivity contribution in [1.82, 2.24) is 24.5 Å². The first-order valence-corrected chi connectivity index (χ1v) is 26.1. The minimum absolute atomic E-state index is 0.00900. The summed E-state index contributed by atoms with van der Waals surface area (Å²) in [5, 5.41) is 9.27. The van der Waals surface area contributed by atoms with Crippen LogP contribution in [0, 0.1) is 0 Å². The maximum absolute atomic E-state index is 6.43. The third-order valence-electron chi connectivity index (χ3n) is 16.7. The molecule has 10 aromatic carbocycles. The van der Waals surface area contributed by atoms with Crippen LogP contribution in [0.1, 0.15) is 49.9 Å². The molecule has 0 radical (unpaired) electrons. The van der Waals surface area contributed by atoms with E-state index in [9.17, 15) is 0 Å². The van der Waals surface area contributed by atoms with Crippen LogP contribution in [-0.4, -0.2) is 24.5 Å². The van der Waals surface area contributed by atoms with E-state index in [4.69, 9.17) is 23.8 Å². The van der Waals surface area contributed by atoms with Gasteiger partial charge in [-0.05, 0) is 105 Å². The molecular formula is C69H47N5O2. The van der Waals surface area contributed by atoms with Crippen molar-refractivity contribution in [3.05, 3.63) is 229 Å². The zero-order valence-corrected chi connectivity index (χ0v) is 42.2. The van der Waals surface area contributed by atoms with Crippen molar-refractivity contribution in [2.75, 3.05) is 0 Å². The first kappa shape index (κ1) is 42.9. The Kier molecular flexibility index (Phi) is 8.73. The molecule has 2 aliphatic rings. The van der Waals surface area contributed by atoms with Crippen molar-refractivity contribution in [1.29, 1.82) is 0 Å². The van der Waals surface area contributed by atoms with Gasteiger partial charge in [0, 0.05) is 59.8 Å². The molecule has 0 spiro atoms. The first-order chi connectivity index (χ1) is 37.2. The fourth-order valence-electron chi connectivity index (χ4n) is 13.0. The molecule has 0 saturated heterocycles. The number of hydrogen-bond acceptors (Lipinski definition) is 5. The second-order valence-electron chi connectivity index (χ2n) is 21.6. The molecule has 0 saturated carbocycles. The van der Waals surface area contributed by atoms with Crippen LogP contribution in [0.5, 0.6) is 0 Å². The van der Waals surface area contributed by atoms with Gasteiger partial charge in [0.1, 0.15) is 22.3 Å². The molecule has 5 aromatic heterocycles. The Hall–Kier alpha value is -9.59. The molecule has 2 aliphatic carbocycles. The Balaban J connectivity index is 0.000000143. The second kappa shape index (κ2) is 15.5.